The largest absolute Gasteiger partial charge is 0.493 e. The number of nitrogens with zero attached hydrogens (tertiary/aromatic N) is 2. The van der Waals surface area contributed by atoms with Crippen molar-refractivity contribution in [3.8, 4) is 17.6 Å². The number of benzene rings is 2. The molecule has 0 aliphatic heterocycles. The van der Waals surface area contributed by atoms with E-state index in [0.717, 1.165) is 31.2 Å². The fourth-order valence-corrected chi connectivity index (χ4v) is 3.59. The van der Waals surface area contributed by atoms with Gasteiger partial charge >= 0.3 is 0 Å². The Morgan fingerprint density at radius 3 is 2.53 bits per heavy atom. The van der Waals surface area contributed by atoms with Gasteiger partial charge in [0.1, 0.15) is 18.2 Å². The molecule has 2 aromatic carbocycles. The van der Waals surface area contributed by atoms with E-state index >= 15 is 0 Å². The topological polar surface area (TPSA) is 114 Å². The lowest BCUT2D eigenvalue weighted by Gasteiger charge is -2.22. The zero-order valence-electron chi connectivity index (χ0n) is 17.9. The van der Waals surface area contributed by atoms with Gasteiger partial charge in [-0.2, -0.15) is 5.26 Å². The van der Waals surface area contributed by atoms with Crippen LogP contribution in [0.5, 0.6) is 11.5 Å². The van der Waals surface area contributed by atoms with Gasteiger partial charge in [-0.05, 0) is 54.3 Å². The minimum absolute atomic E-state index is 0.0169. The molecule has 2 aromatic rings. The Bertz CT molecular complexity index is 1030. The number of non-ortho nitro benzene ring substituents is 1. The van der Waals surface area contributed by atoms with Crippen LogP contribution in [0.2, 0.25) is 0 Å². The number of nitrogens with one attached hydrogen (secondary N) is 1. The van der Waals surface area contributed by atoms with Crippen molar-refractivity contribution >= 4 is 17.7 Å². The van der Waals surface area contributed by atoms with Crippen LogP contribution in [0.3, 0.4) is 0 Å². The summed E-state index contributed by atoms with van der Waals surface area (Å²) in [7, 11) is 1.50. The second-order valence-corrected chi connectivity index (χ2v) is 7.60. The van der Waals surface area contributed by atoms with Crippen molar-refractivity contribution in [2.24, 2.45) is 0 Å². The number of nitriles is 1. The summed E-state index contributed by atoms with van der Waals surface area (Å²) in [4.78, 5) is 22.8. The normalized spacial score (nSPS) is 14.3. The van der Waals surface area contributed by atoms with Crippen LogP contribution >= 0.6 is 0 Å². The molecule has 1 amide bonds. The minimum atomic E-state index is -0.454. The highest BCUT2D eigenvalue weighted by Crippen LogP contribution is 2.30. The lowest BCUT2D eigenvalue weighted by atomic mass is 9.95. The number of hydrogen-bond acceptors (Lipinski definition) is 6. The van der Waals surface area contributed by atoms with Gasteiger partial charge in [-0.3, -0.25) is 14.9 Å². The van der Waals surface area contributed by atoms with Gasteiger partial charge in [0.05, 0.1) is 12.0 Å². The number of nitro groups is 1. The van der Waals surface area contributed by atoms with E-state index in [1.165, 1.54) is 31.7 Å². The van der Waals surface area contributed by atoms with Crippen molar-refractivity contribution in [2.75, 3.05) is 7.11 Å². The number of carbonyl (C=O) groups excluding carboxylic acids is 1. The number of rotatable bonds is 8. The van der Waals surface area contributed by atoms with E-state index in [1.807, 2.05) is 6.07 Å². The van der Waals surface area contributed by atoms with Crippen LogP contribution in [0.15, 0.2) is 48.0 Å². The van der Waals surface area contributed by atoms with Gasteiger partial charge in [-0.25, -0.2) is 0 Å². The molecule has 8 nitrogen and oxygen atoms in total. The van der Waals surface area contributed by atoms with Crippen molar-refractivity contribution < 1.29 is 19.2 Å². The van der Waals surface area contributed by atoms with Crippen LogP contribution in [0.25, 0.3) is 6.08 Å². The predicted molar refractivity (Wildman–Crippen MR) is 119 cm³/mol. The van der Waals surface area contributed by atoms with E-state index in [1.54, 1.807) is 30.3 Å². The maximum atomic E-state index is 12.5. The Hall–Kier alpha value is -3.86. The molecule has 1 fully saturated rings. The number of carbonyl (C=O) groups is 1. The van der Waals surface area contributed by atoms with Crippen LogP contribution in [0, 0.1) is 21.4 Å². The summed E-state index contributed by atoms with van der Waals surface area (Å²) in [5, 5.41) is 23.2. The van der Waals surface area contributed by atoms with E-state index in [9.17, 15) is 20.2 Å². The highest BCUT2D eigenvalue weighted by Gasteiger charge is 2.18. The molecule has 1 aliphatic carbocycles. The summed E-state index contributed by atoms with van der Waals surface area (Å²) in [6.07, 6.45) is 6.79. The van der Waals surface area contributed by atoms with Gasteiger partial charge in [0.2, 0.25) is 0 Å². The highest BCUT2D eigenvalue weighted by atomic mass is 16.6. The van der Waals surface area contributed by atoms with Crippen LogP contribution in [-0.2, 0) is 11.4 Å². The second kappa shape index (κ2) is 11.0. The lowest BCUT2D eigenvalue weighted by Crippen LogP contribution is -2.36. The first-order valence-corrected chi connectivity index (χ1v) is 10.5. The fourth-order valence-electron chi connectivity index (χ4n) is 3.59. The molecular weight excluding hydrogens is 410 g/mol. The van der Waals surface area contributed by atoms with E-state index in [2.05, 4.69) is 5.32 Å². The summed E-state index contributed by atoms with van der Waals surface area (Å²) in [6.45, 7) is 0.205. The molecule has 3 rings (SSSR count). The highest BCUT2D eigenvalue weighted by molar-refractivity contribution is 6.01. The summed E-state index contributed by atoms with van der Waals surface area (Å²) >= 11 is 0. The van der Waals surface area contributed by atoms with Crippen LogP contribution in [0.1, 0.15) is 43.2 Å². The van der Waals surface area contributed by atoms with Crippen molar-refractivity contribution in [1.29, 1.82) is 5.26 Å². The first-order chi connectivity index (χ1) is 15.5. The third kappa shape index (κ3) is 6.08. The Morgan fingerprint density at radius 2 is 1.91 bits per heavy atom. The number of hydrogen-bond donors (Lipinski definition) is 1. The molecule has 1 N–H and O–H groups in total. The Morgan fingerprint density at radius 1 is 1.19 bits per heavy atom. The van der Waals surface area contributed by atoms with Gasteiger partial charge in [0.15, 0.2) is 11.5 Å². The van der Waals surface area contributed by atoms with Crippen LogP contribution in [-0.4, -0.2) is 24.0 Å². The smallest absolute Gasteiger partial charge is 0.269 e. The predicted octanol–water partition coefficient (Wildman–Crippen LogP) is 4.54. The minimum Gasteiger partial charge on any atom is -0.493 e. The molecular formula is C24H25N3O5. The number of ether oxygens (including phenoxy) is 2. The molecule has 0 saturated heterocycles. The molecule has 0 atom stereocenters. The van der Waals surface area contributed by atoms with E-state index in [-0.39, 0.29) is 29.8 Å². The maximum absolute atomic E-state index is 12.5. The van der Waals surface area contributed by atoms with Gasteiger partial charge in [-0.1, -0.05) is 25.3 Å². The molecule has 1 saturated carbocycles. The van der Waals surface area contributed by atoms with Crippen molar-refractivity contribution in [1.82, 2.24) is 5.32 Å². The number of amides is 1. The van der Waals surface area contributed by atoms with Crippen LogP contribution < -0.4 is 14.8 Å². The number of methoxy groups -OCH3 is 1. The van der Waals surface area contributed by atoms with Crippen molar-refractivity contribution in [2.45, 2.75) is 44.8 Å². The van der Waals surface area contributed by atoms with Gasteiger partial charge < -0.3 is 14.8 Å². The van der Waals surface area contributed by atoms with Gasteiger partial charge in [-0.15, -0.1) is 0 Å². The standard InChI is InChI=1S/C24H25N3O5/c1-31-23-14-18(13-19(15-25)24(28)26-20-5-3-2-4-6-20)9-12-22(23)32-16-17-7-10-21(11-8-17)27(29)30/h7-14,20H,2-6,16H2,1H3,(H,26,28)/b19-13+. The first-order valence-electron chi connectivity index (χ1n) is 10.5. The second-order valence-electron chi connectivity index (χ2n) is 7.60. The molecule has 0 radical (unpaired) electrons. The van der Waals surface area contributed by atoms with Gasteiger partial charge in [0.25, 0.3) is 11.6 Å². The van der Waals surface area contributed by atoms with E-state index in [0.29, 0.717) is 17.1 Å². The SMILES string of the molecule is COc1cc(/C=C(\C#N)C(=O)NC2CCCCC2)ccc1OCc1ccc([N+](=O)[O-])cc1. The number of nitro benzene ring substituents is 1. The quantitative estimate of drug-likeness (QED) is 0.282. The molecule has 1 aliphatic rings. The zero-order chi connectivity index (χ0) is 22.9. The Balaban J connectivity index is 1.68. The van der Waals surface area contributed by atoms with E-state index < -0.39 is 4.92 Å². The Kier molecular flexibility index (Phi) is 7.81. The molecule has 8 heteroatoms. The monoisotopic (exact) mass is 435 g/mol. The molecule has 0 unspecified atom stereocenters. The zero-order valence-corrected chi connectivity index (χ0v) is 17.9. The van der Waals surface area contributed by atoms with E-state index in [4.69, 9.17) is 9.47 Å². The average Bonchev–Trinajstić information content (AvgIpc) is 2.82. The Labute approximate surface area is 186 Å². The van der Waals surface area contributed by atoms with Crippen molar-refractivity contribution in [3.63, 3.8) is 0 Å². The van der Waals surface area contributed by atoms with Crippen LogP contribution in [0.4, 0.5) is 5.69 Å². The lowest BCUT2D eigenvalue weighted by molar-refractivity contribution is -0.384. The summed E-state index contributed by atoms with van der Waals surface area (Å²) < 4.78 is 11.2. The first kappa shape index (κ1) is 22.8. The third-order valence-corrected chi connectivity index (χ3v) is 5.35. The summed E-state index contributed by atoms with van der Waals surface area (Å²) in [5.74, 6) is 0.565. The maximum Gasteiger partial charge on any atom is 0.269 e. The molecule has 0 spiro atoms. The fraction of sp³-hybridized carbons (Fsp3) is 0.333. The molecule has 0 aromatic heterocycles. The molecule has 166 valence electrons. The average molecular weight is 435 g/mol. The summed E-state index contributed by atoms with van der Waals surface area (Å²) in [5.41, 5.74) is 1.47. The molecule has 0 heterocycles. The third-order valence-electron chi connectivity index (χ3n) is 5.35. The van der Waals surface area contributed by atoms with Crippen molar-refractivity contribution in [3.05, 3.63) is 69.3 Å². The van der Waals surface area contributed by atoms with Gasteiger partial charge in [0, 0.05) is 18.2 Å². The summed E-state index contributed by atoms with van der Waals surface area (Å²) in [6, 6.07) is 13.3. The molecule has 0 bridgehead atoms. The molecule has 32 heavy (non-hydrogen) atoms.